The smallest absolute Gasteiger partial charge is 0.266 e. The highest BCUT2D eigenvalue weighted by Gasteiger charge is 2.12. The Kier molecular flexibility index (Phi) is 9.58. The topological polar surface area (TPSA) is 80.6 Å². The third-order valence-electron chi connectivity index (χ3n) is 5.98. The van der Waals surface area contributed by atoms with Gasteiger partial charge in [0.2, 0.25) is 0 Å². The first kappa shape index (κ1) is 28.0. The Morgan fingerprint density at radius 3 is 2.17 bits per heavy atom. The van der Waals surface area contributed by atoms with Crippen LogP contribution in [0.25, 0.3) is 6.08 Å². The van der Waals surface area contributed by atoms with Crippen molar-refractivity contribution in [2.75, 3.05) is 11.9 Å². The molecular weight excluding hydrogens is 500 g/mol. The van der Waals surface area contributed by atoms with Crippen LogP contribution in [0.2, 0.25) is 0 Å². The molecule has 6 heteroatoms. The average Bonchev–Trinajstić information content (AvgIpc) is 2.95. The van der Waals surface area contributed by atoms with E-state index >= 15 is 0 Å². The number of rotatable bonds is 11. The van der Waals surface area contributed by atoms with E-state index in [1.807, 2.05) is 43.3 Å². The van der Waals surface area contributed by atoms with E-state index in [-0.39, 0.29) is 5.57 Å². The highest BCUT2D eigenvalue weighted by Crippen LogP contribution is 2.30. The summed E-state index contributed by atoms with van der Waals surface area (Å²) in [7, 11) is 0. The third kappa shape index (κ3) is 7.99. The zero-order chi connectivity index (χ0) is 28.3. The number of anilines is 1. The summed E-state index contributed by atoms with van der Waals surface area (Å²) in [5.74, 6) is 1.31. The maximum Gasteiger partial charge on any atom is 0.266 e. The normalized spacial score (nSPS) is 10.9. The Bertz CT molecular complexity index is 1500. The minimum atomic E-state index is -0.506. The molecule has 0 atom stereocenters. The van der Waals surface area contributed by atoms with Crippen LogP contribution < -0.4 is 19.5 Å². The predicted molar refractivity (Wildman–Crippen MR) is 157 cm³/mol. The van der Waals surface area contributed by atoms with Crippen LogP contribution in [0, 0.1) is 25.2 Å². The van der Waals surface area contributed by atoms with Crippen LogP contribution in [0.15, 0.2) is 96.6 Å². The molecule has 0 aliphatic carbocycles. The van der Waals surface area contributed by atoms with Crippen LogP contribution in [-0.2, 0) is 18.0 Å². The second kappa shape index (κ2) is 13.7. The fraction of sp³-hybridized carbons (Fsp3) is 0.176. The van der Waals surface area contributed by atoms with E-state index in [0.29, 0.717) is 48.3 Å². The molecule has 6 nitrogen and oxygen atoms in total. The number of nitriles is 1. The van der Waals surface area contributed by atoms with Crippen LogP contribution in [-0.4, -0.2) is 12.5 Å². The van der Waals surface area contributed by atoms with Crippen molar-refractivity contribution in [3.8, 4) is 23.3 Å². The molecule has 4 aromatic rings. The number of hydrogen-bond donors (Lipinski definition) is 1. The number of hydrogen-bond acceptors (Lipinski definition) is 5. The molecule has 0 saturated heterocycles. The lowest BCUT2D eigenvalue weighted by Crippen LogP contribution is -2.13. The molecule has 40 heavy (non-hydrogen) atoms. The van der Waals surface area contributed by atoms with E-state index in [2.05, 4.69) is 37.4 Å². The first-order chi connectivity index (χ1) is 19.4. The Morgan fingerprint density at radius 1 is 0.800 bits per heavy atom. The number of carbonyl (C=O) groups excluding carboxylic acids is 1. The minimum absolute atomic E-state index is 0.0317. The molecule has 0 fully saturated rings. The van der Waals surface area contributed by atoms with Gasteiger partial charge in [-0.1, -0.05) is 65.7 Å². The van der Waals surface area contributed by atoms with Gasteiger partial charge < -0.3 is 19.5 Å². The molecular formula is C34H32N2O4. The Hall–Kier alpha value is -5.02. The summed E-state index contributed by atoms with van der Waals surface area (Å²) < 4.78 is 17.6. The van der Waals surface area contributed by atoms with E-state index in [1.165, 1.54) is 17.2 Å². The maximum absolute atomic E-state index is 12.8. The van der Waals surface area contributed by atoms with Crippen LogP contribution in [0.1, 0.15) is 34.7 Å². The monoisotopic (exact) mass is 532 g/mol. The molecule has 0 aliphatic heterocycles. The zero-order valence-corrected chi connectivity index (χ0v) is 22.9. The van der Waals surface area contributed by atoms with Crippen molar-refractivity contribution >= 4 is 17.7 Å². The number of ether oxygens (including phenoxy) is 3. The predicted octanol–water partition coefficient (Wildman–Crippen LogP) is 7.41. The molecule has 0 saturated carbocycles. The Balaban J connectivity index is 1.41. The van der Waals surface area contributed by atoms with Gasteiger partial charge in [0.05, 0.1) is 6.61 Å². The number of benzene rings is 4. The van der Waals surface area contributed by atoms with Gasteiger partial charge in [0.15, 0.2) is 11.5 Å². The van der Waals surface area contributed by atoms with Crippen molar-refractivity contribution in [1.29, 1.82) is 5.26 Å². The van der Waals surface area contributed by atoms with Gasteiger partial charge >= 0.3 is 0 Å². The van der Waals surface area contributed by atoms with E-state index < -0.39 is 5.91 Å². The fourth-order valence-corrected chi connectivity index (χ4v) is 4.20. The van der Waals surface area contributed by atoms with Gasteiger partial charge in [-0.05, 0) is 79.9 Å². The highest BCUT2D eigenvalue weighted by molar-refractivity contribution is 6.09. The SMILES string of the molecule is CCOc1cc(/C=C(\C#N)C(=O)Nc2ccc(OCc3ccccc3)cc2)ccc1OCc1cc(C)cc(C)c1. The molecule has 1 amide bonds. The number of nitrogens with one attached hydrogen (secondary N) is 1. The minimum Gasteiger partial charge on any atom is -0.490 e. The Morgan fingerprint density at radius 2 is 1.50 bits per heavy atom. The standard InChI is InChI=1S/C34H32N2O4/c1-4-38-33-20-27(10-15-32(33)40-23-28-17-24(2)16-25(3)18-28)19-29(21-35)34(37)36-30-11-13-31(14-12-30)39-22-26-8-6-5-7-9-26/h5-20H,4,22-23H2,1-3H3,(H,36,37)/b29-19+. The summed E-state index contributed by atoms with van der Waals surface area (Å²) in [6.45, 7) is 7.31. The van der Waals surface area contributed by atoms with Gasteiger partial charge in [-0.2, -0.15) is 5.26 Å². The highest BCUT2D eigenvalue weighted by atomic mass is 16.5. The van der Waals surface area contributed by atoms with Crippen molar-refractivity contribution in [3.05, 3.63) is 124 Å². The molecule has 0 aliphatic rings. The second-order valence-electron chi connectivity index (χ2n) is 9.35. The summed E-state index contributed by atoms with van der Waals surface area (Å²) in [6, 6.07) is 30.6. The quantitative estimate of drug-likeness (QED) is 0.161. The number of nitrogens with zero attached hydrogens (tertiary/aromatic N) is 1. The van der Waals surface area contributed by atoms with Gasteiger partial charge in [0.25, 0.3) is 5.91 Å². The molecule has 0 radical (unpaired) electrons. The fourth-order valence-electron chi connectivity index (χ4n) is 4.20. The van der Waals surface area contributed by atoms with Crippen LogP contribution in [0.4, 0.5) is 5.69 Å². The lowest BCUT2D eigenvalue weighted by Gasteiger charge is -2.13. The summed E-state index contributed by atoms with van der Waals surface area (Å²) in [5.41, 5.74) is 5.68. The molecule has 0 bridgehead atoms. The van der Waals surface area contributed by atoms with Crippen molar-refractivity contribution in [1.82, 2.24) is 0 Å². The van der Waals surface area contributed by atoms with Gasteiger partial charge in [-0.15, -0.1) is 0 Å². The molecule has 4 rings (SSSR count). The van der Waals surface area contributed by atoms with Crippen molar-refractivity contribution in [2.45, 2.75) is 34.0 Å². The Labute approximate surface area is 235 Å². The van der Waals surface area contributed by atoms with Gasteiger partial charge in [0, 0.05) is 5.69 Å². The van der Waals surface area contributed by atoms with E-state index in [1.54, 1.807) is 42.5 Å². The lowest BCUT2D eigenvalue weighted by molar-refractivity contribution is -0.112. The van der Waals surface area contributed by atoms with Crippen LogP contribution >= 0.6 is 0 Å². The van der Waals surface area contributed by atoms with E-state index in [9.17, 15) is 10.1 Å². The second-order valence-corrected chi connectivity index (χ2v) is 9.35. The maximum atomic E-state index is 12.8. The number of amides is 1. The molecule has 0 unspecified atom stereocenters. The molecule has 1 N–H and O–H groups in total. The van der Waals surface area contributed by atoms with Gasteiger partial charge in [-0.25, -0.2) is 0 Å². The molecule has 4 aromatic carbocycles. The number of carbonyl (C=O) groups is 1. The molecule has 0 aromatic heterocycles. The van der Waals surface area contributed by atoms with Crippen LogP contribution in [0.5, 0.6) is 17.2 Å². The van der Waals surface area contributed by atoms with Crippen molar-refractivity contribution in [2.24, 2.45) is 0 Å². The van der Waals surface area contributed by atoms with Gasteiger partial charge in [-0.3, -0.25) is 4.79 Å². The molecule has 202 valence electrons. The summed E-state index contributed by atoms with van der Waals surface area (Å²) in [6.07, 6.45) is 1.53. The van der Waals surface area contributed by atoms with E-state index in [0.717, 1.165) is 11.1 Å². The summed E-state index contributed by atoms with van der Waals surface area (Å²) >= 11 is 0. The lowest BCUT2D eigenvalue weighted by atomic mass is 10.1. The van der Waals surface area contributed by atoms with Crippen molar-refractivity contribution in [3.63, 3.8) is 0 Å². The zero-order valence-electron chi connectivity index (χ0n) is 22.9. The first-order valence-corrected chi connectivity index (χ1v) is 13.1. The summed E-state index contributed by atoms with van der Waals surface area (Å²) in [4.78, 5) is 12.8. The van der Waals surface area contributed by atoms with Gasteiger partial charge in [0.1, 0.15) is 30.6 Å². The van der Waals surface area contributed by atoms with E-state index in [4.69, 9.17) is 14.2 Å². The van der Waals surface area contributed by atoms with Crippen molar-refractivity contribution < 1.29 is 19.0 Å². The number of aryl methyl sites for hydroxylation is 2. The molecule has 0 spiro atoms. The summed E-state index contributed by atoms with van der Waals surface area (Å²) in [5, 5.41) is 12.5. The largest absolute Gasteiger partial charge is 0.490 e. The average molecular weight is 533 g/mol. The first-order valence-electron chi connectivity index (χ1n) is 13.1. The molecule has 0 heterocycles. The van der Waals surface area contributed by atoms with Crippen LogP contribution in [0.3, 0.4) is 0 Å². The third-order valence-corrected chi connectivity index (χ3v) is 5.98.